The fraction of sp³-hybridized carbons (Fsp3) is 0.200. The monoisotopic (exact) mass is 265 g/mol. The smallest absolute Gasteiger partial charge is 0.497 e. The minimum atomic E-state index is 0. The molecule has 1 N–H and O–H groups in total. The van der Waals surface area contributed by atoms with E-state index in [-0.39, 0.29) is 21.1 Å². The molecule has 0 fully saturated rings. The van der Waals surface area contributed by atoms with Gasteiger partial charge in [0, 0.05) is 0 Å². The Morgan fingerprint density at radius 1 is 1.71 bits per heavy atom. The Labute approximate surface area is 58.8 Å². The average Bonchev–Trinajstić information content (AvgIpc) is 1.61. The maximum atomic E-state index is 4.93. The molecular formula is C5H7NW. The van der Waals surface area contributed by atoms with Crippen LogP contribution in [-0.4, -0.2) is 7.05 Å². The Morgan fingerprint density at radius 2 is 2.29 bits per heavy atom. The molecular weight excluding hydrogens is 258 g/mol. The van der Waals surface area contributed by atoms with Gasteiger partial charge in [0.05, 0.1) is 0 Å². The molecule has 7 heavy (non-hydrogen) atoms. The van der Waals surface area contributed by atoms with Gasteiger partial charge < -0.3 is 24.0 Å². The molecule has 0 unspecified atom stereocenters. The zero-order valence-corrected chi connectivity index (χ0v) is 7.07. The number of rotatable bonds is 2. The Balaban J connectivity index is 0. The van der Waals surface area contributed by atoms with Crippen molar-refractivity contribution in [3.8, 4) is 0 Å². The minimum Gasteiger partial charge on any atom is -0.497 e. The summed E-state index contributed by atoms with van der Waals surface area (Å²) in [4.78, 5) is 0. The van der Waals surface area contributed by atoms with E-state index >= 15 is 0 Å². The van der Waals surface area contributed by atoms with Crippen LogP contribution in [0.4, 0.5) is 0 Å². The van der Waals surface area contributed by atoms with Crippen molar-refractivity contribution in [2.24, 2.45) is 0 Å². The van der Waals surface area contributed by atoms with E-state index in [0.717, 1.165) is 0 Å². The molecule has 38 valence electrons. The fourth-order valence-electron chi connectivity index (χ4n) is 0.131. The van der Waals surface area contributed by atoms with Crippen molar-refractivity contribution in [2.75, 3.05) is 7.05 Å². The number of nitrogens with one attached hydrogen (secondary N) is 1. The Hall–Kier alpha value is -0.0317. The zero-order chi connectivity index (χ0) is 4.83. The van der Waals surface area contributed by atoms with Crippen LogP contribution in [0.3, 0.4) is 0 Å². The summed E-state index contributed by atoms with van der Waals surface area (Å²) in [6.45, 7) is 4.93. The summed E-state index contributed by atoms with van der Waals surface area (Å²) in [6, 6.07) is 0. The molecule has 0 atom stereocenters. The second-order valence-electron chi connectivity index (χ2n) is 0.753. The van der Waals surface area contributed by atoms with E-state index in [0.29, 0.717) is 0 Å². The molecule has 0 saturated heterocycles. The first kappa shape index (κ1) is 10.1. The van der Waals surface area contributed by atoms with Crippen molar-refractivity contribution in [3.05, 3.63) is 24.9 Å². The topological polar surface area (TPSA) is 12.0 Å². The van der Waals surface area contributed by atoms with Crippen LogP contribution < -0.4 is 5.32 Å². The van der Waals surface area contributed by atoms with Gasteiger partial charge >= 0.3 is 21.1 Å². The SMILES string of the molecule is [CH-]=CC=[C-]NC.[W+2]. The summed E-state index contributed by atoms with van der Waals surface area (Å²) < 4.78 is 0. The van der Waals surface area contributed by atoms with Crippen molar-refractivity contribution in [2.45, 2.75) is 0 Å². The van der Waals surface area contributed by atoms with E-state index in [2.05, 4.69) is 11.5 Å². The molecule has 1 nitrogen and oxygen atoms in total. The van der Waals surface area contributed by atoms with Crippen LogP contribution in [-0.2, 0) is 21.1 Å². The van der Waals surface area contributed by atoms with E-state index in [4.69, 9.17) is 6.58 Å². The van der Waals surface area contributed by atoms with E-state index in [1.165, 1.54) is 6.08 Å². The second-order valence-corrected chi connectivity index (χ2v) is 0.753. The van der Waals surface area contributed by atoms with Crippen LogP contribution in [0, 0.1) is 12.8 Å². The second kappa shape index (κ2) is 9.36. The van der Waals surface area contributed by atoms with Crippen molar-refractivity contribution in [3.63, 3.8) is 0 Å². The Morgan fingerprint density at radius 3 is 2.43 bits per heavy atom. The van der Waals surface area contributed by atoms with Crippen LogP contribution in [0.2, 0.25) is 0 Å². The van der Waals surface area contributed by atoms with Crippen molar-refractivity contribution >= 4 is 0 Å². The molecule has 0 aliphatic rings. The molecule has 0 spiro atoms. The van der Waals surface area contributed by atoms with Crippen LogP contribution in [0.1, 0.15) is 0 Å². The van der Waals surface area contributed by atoms with E-state index in [9.17, 15) is 0 Å². The molecule has 0 aliphatic carbocycles. The van der Waals surface area contributed by atoms with Crippen LogP contribution in [0.25, 0.3) is 0 Å². The zero-order valence-electron chi connectivity index (χ0n) is 4.14. The first-order chi connectivity index (χ1) is 2.91. The molecule has 0 amide bonds. The van der Waals surface area contributed by atoms with Gasteiger partial charge in [-0.05, 0) is 7.05 Å². The molecule has 2 heteroatoms. The quantitative estimate of drug-likeness (QED) is 0.436. The summed E-state index contributed by atoms with van der Waals surface area (Å²) in [5, 5.41) is 2.65. The largest absolute Gasteiger partial charge is 2.00 e. The van der Waals surface area contributed by atoms with Gasteiger partial charge in [0.15, 0.2) is 0 Å². The normalized spacial score (nSPS) is 7.57. The molecule has 0 bridgehead atoms. The maximum absolute atomic E-state index is 4.93. The first-order valence-corrected chi connectivity index (χ1v) is 1.71. The van der Waals surface area contributed by atoms with Gasteiger partial charge in [-0.15, -0.1) is 0 Å². The van der Waals surface area contributed by atoms with Crippen LogP contribution in [0.5, 0.6) is 0 Å². The summed E-state index contributed by atoms with van der Waals surface area (Å²) in [5.74, 6) is 0. The van der Waals surface area contributed by atoms with Gasteiger partial charge in [-0.2, -0.15) is 0 Å². The molecule has 0 saturated carbocycles. The summed E-state index contributed by atoms with van der Waals surface area (Å²) >= 11 is 0. The predicted molar refractivity (Wildman–Crippen MR) is 25.7 cm³/mol. The third-order valence-electron chi connectivity index (χ3n) is 0.324. The molecule has 0 aromatic carbocycles. The maximum Gasteiger partial charge on any atom is 2.00 e. The van der Waals surface area contributed by atoms with Gasteiger partial charge in [-0.1, -0.05) is 0 Å². The third-order valence-corrected chi connectivity index (χ3v) is 0.324. The minimum absolute atomic E-state index is 0. The van der Waals surface area contributed by atoms with E-state index < -0.39 is 0 Å². The van der Waals surface area contributed by atoms with Gasteiger partial charge in [0.25, 0.3) is 0 Å². The van der Waals surface area contributed by atoms with Crippen molar-refractivity contribution in [1.29, 1.82) is 0 Å². The summed E-state index contributed by atoms with van der Waals surface area (Å²) in [7, 11) is 1.76. The molecule has 0 rings (SSSR count). The van der Waals surface area contributed by atoms with Crippen LogP contribution in [0.15, 0.2) is 12.2 Å². The summed E-state index contributed by atoms with van der Waals surface area (Å²) in [6.07, 6.45) is 5.65. The van der Waals surface area contributed by atoms with Gasteiger partial charge in [-0.3, -0.25) is 6.20 Å². The average molecular weight is 265 g/mol. The number of hydrogen-bond donors (Lipinski definition) is 1. The first-order valence-electron chi connectivity index (χ1n) is 1.71. The molecule has 0 aromatic heterocycles. The van der Waals surface area contributed by atoms with Crippen molar-refractivity contribution < 1.29 is 21.1 Å². The van der Waals surface area contributed by atoms with Gasteiger partial charge in [0.2, 0.25) is 0 Å². The number of hydrogen-bond acceptors (Lipinski definition) is 1. The standard InChI is InChI=1S/C5H7N.W/c1-3-4-5-6-2;/h1,3-4,6H,2H3;/q-2;+2. The molecule has 0 heterocycles. The summed E-state index contributed by atoms with van der Waals surface area (Å²) in [5.41, 5.74) is 0. The molecule has 0 aliphatic heterocycles. The Bertz CT molecular complexity index is 59.1. The fourth-order valence-corrected chi connectivity index (χ4v) is 0.131. The van der Waals surface area contributed by atoms with Gasteiger partial charge in [-0.25, -0.2) is 0 Å². The molecule has 0 radical (unpaired) electrons. The predicted octanol–water partition coefficient (Wildman–Crippen LogP) is 0.509. The molecule has 0 aromatic rings. The number of allylic oxidation sites excluding steroid dienone is 2. The van der Waals surface area contributed by atoms with E-state index in [1.54, 1.807) is 13.1 Å². The van der Waals surface area contributed by atoms with E-state index in [1.807, 2.05) is 0 Å². The Kier molecular flexibility index (Phi) is 13.4. The third kappa shape index (κ3) is 10.7. The van der Waals surface area contributed by atoms with Crippen LogP contribution >= 0.6 is 0 Å². The van der Waals surface area contributed by atoms with Gasteiger partial charge in [0.1, 0.15) is 0 Å². The van der Waals surface area contributed by atoms with Crippen molar-refractivity contribution in [1.82, 2.24) is 5.32 Å².